The van der Waals surface area contributed by atoms with Crippen LogP contribution in [0.1, 0.15) is 26.3 Å². The molecule has 0 aliphatic carbocycles. The fourth-order valence-electron chi connectivity index (χ4n) is 3.31. The molecule has 3 aromatic carbocycles. The second-order valence-electron chi connectivity index (χ2n) is 7.25. The molecule has 172 valence electrons. The molecule has 9 heteroatoms. The number of carboxylic acids is 1. The van der Waals surface area contributed by atoms with E-state index in [0.717, 1.165) is 0 Å². The molecule has 0 unspecified atom stereocenters. The number of aliphatic imine (C=N–C) groups is 1. The first-order valence-electron chi connectivity index (χ1n) is 10.2. The maximum atomic E-state index is 13.1. The van der Waals surface area contributed by atoms with Crippen LogP contribution in [0.4, 0.5) is 5.69 Å². The molecule has 1 aliphatic rings. The van der Waals surface area contributed by atoms with Gasteiger partial charge < -0.3 is 29.4 Å². The molecule has 1 N–H and O–H groups in total. The maximum Gasteiger partial charge on any atom is 0.281 e. The van der Waals surface area contributed by atoms with E-state index in [1.165, 1.54) is 31.4 Å². The highest BCUT2D eigenvalue weighted by Gasteiger charge is 2.20. The first-order chi connectivity index (χ1) is 16.4. The number of carbonyl (C=O) groups excluding carboxylic acids is 3. The fraction of sp³-hybridized carbons (Fsp3) is 0.120. The van der Waals surface area contributed by atoms with Gasteiger partial charge in [0, 0.05) is 12.1 Å². The summed E-state index contributed by atoms with van der Waals surface area (Å²) in [5.74, 6) is -1.14. The molecule has 34 heavy (non-hydrogen) atoms. The predicted octanol–water partition coefficient (Wildman–Crippen LogP) is 2.25. The zero-order valence-corrected chi connectivity index (χ0v) is 18.1. The number of benzene rings is 3. The third kappa shape index (κ3) is 5.04. The van der Waals surface area contributed by atoms with Gasteiger partial charge in [-0.15, -0.1) is 0 Å². The minimum absolute atomic E-state index is 0.0283. The largest absolute Gasteiger partial charge is 0.545 e. The number of nitrogens with one attached hydrogen (secondary N) is 1. The number of rotatable bonds is 7. The van der Waals surface area contributed by atoms with Crippen LogP contribution in [0.3, 0.4) is 0 Å². The van der Waals surface area contributed by atoms with E-state index in [4.69, 9.17) is 14.2 Å². The van der Waals surface area contributed by atoms with Gasteiger partial charge in [-0.3, -0.25) is 9.59 Å². The van der Waals surface area contributed by atoms with Gasteiger partial charge in [-0.25, -0.2) is 4.99 Å². The number of carbonyl (C=O) groups is 3. The van der Waals surface area contributed by atoms with Gasteiger partial charge in [0.2, 0.25) is 6.79 Å². The Morgan fingerprint density at radius 3 is 2.47 bits per heavy atom. The summed E-state index contributed by atoms with van der Waals surface area (Å²) in [6.07, 6.45) is 0.0283. The predicted molar refractivity (Wildman–Crippen MR) is 120 cm³/mol. The van der Waals surface area contributed by atoms with Crippen molar-refractivity contribution in [1.29, 1.82) is 0 Å². The van der Waals surface area contributed by atoms with Gasteiger partial charge in [0.1, 0.15) is 11.5 Å². The summed E-state index contributed by atoms with van der Waals surface area (Å²) in [6, 6.07) is 17.2. The monoisotopic (exact) mass is 459 g/mol. The molecule has 9 nitrogen and oxygen atoms in total. The Bertz CT molecular complexity index is 1280. The lowest BCUT2D eigenvalue weighted by Gasteiger charge is -2.11. The Balaban J connectivity index is 1.63. The van der Waals surface area contributed by atoms with Crippen LogP contribution in [0.15, 0.2) is 71.7 Å². The number of anilines is 1. The number of hydrogen-bond donors (Lipinski definition) is 1. The summed E-state index contributed by atoms with van der Waals surface area (Å²) in [5, 5.41) is 13.6. The van der Waals surface area contributed by atoms with Crippen molar-refractivity contribution in [2.45, 2.75) is 6.42 Å². The van der Waals surface area contributed by atoms with Crippen LogP contribution in [0, 0.1) is 0 Å². The number of carboxylic acid groups (broad SMARTS) is 1. The summed E-state index contributed by atoms with van der Waals surface area (Å²) >= 11 is 0. The van der Waals surface area contributed by atoms with Crippen LogP contribution >= 0.6 is 0 Å². The number of aromatic carboxylic acids is 1. The quantitative estimate of drug-likeness (QED) is 0.537. The lowest BCUT2D eigenvalue weighted by Crippen LogP contribution is -2.26. The van der Waals surface area contributed by atoms with E-state index in [9.17, 15) is 19.5 Å². The Morgan fingerprint density at radius 2 is 1.74 bits per heavy atom. The van der Waals surface area contributed by atoms with E-state index in [1.54, 1.807) is 42.5 Å². The van der Waals surface area contributed by atoms with Crippen LogP contribution in [-0.4, -0.2) is 37.4 Å². The van der Waals surface area contributed by atoms with Gasteiger partial charge in [-0.1, -0.05) is 30.3 Å². The van der Waals surface area contributed by atoms with Gasteiger partial charge in [0.05, 0.1) is 18.6 Å². The van der Waals surface area contributed by atoms with Crippen molar-refractivity contribution >= 4 is 29.2 Å². The Labute approximate surface area is 194 Å². The van der Waals surface area contributed by atoms with Crippen LogP contribution in [0.2, 0.25) is 0 Å². The number of nitrogens with zero attached hydrogens (tertiary/aromatic N) is 1. The summed E-state index contributed by atoms with van der Waals surface area (Å²) in [7, 11) is 1.44. The van der Waals surface area contributed by atoms with Crippen molar-refractivity contribution in [1.82, 2.24) is 0 Å². The molecule has 1 aliphatic heterocycles. The topological polar surface area (TPSA) is 126 Å². The standard InChI is InChI=1S/C25H20N2O7/c1-32-20-5-3-2-4-18(20)23(28)27-19(12-15-6-11-21-22(13-15)34-14-33-21)24(29)26-17-9-7-16(8-10-17)25(30)31/h2-11,13H,12,14H2,1H3,(H,26,29)(H,30,31)/p-1. The third-order valence-corrected chi connectivity index (χ3v) is 5.02. The Morgan fingerprint density at radius 1 is 1.00 bits per heavy atom. The average molecular weight is 459 g/mol. The van der Waals surface area contributed by atoms with Crippen LogP contribution in [-0.2, 0) is 11.2 Å². The summed E-state index contributed by atoms with van der Waals surface area (Å²) in [4.78, 5) is 41.1. The highest BCUT2D eigenvalue weighted by atomic mass is 16.7. The number of para-hydroxylation sites is 1. The number of fused-ring (bicyclic) bond motifs is 1. The van der Waals surface area contributed by atoms with E-state index < -0.39 is 17.8 Å². The normalized spacial score (nSPS) is 12.2. The Kier molecular flexibility index (Phi) is 6.54. The van der Waals surface area contributed by atoms with Crippen LogP contribution in [0.25, 0.3) is 0 Å². The minimum Gasteiger partial charge on any atom is -0.545 e. The van der Waals surface area contributed by atoms with E-state index in [1.807, 2.05) is 0 Å². The summed E-state index contributed by atoms with van der Waals surface area (Å²) < 4.78 is 15.9. The van der Waals surface area contributed by atoms with Gasteiger partial charge in [-0.05, 0) is 47.5 Å². The molecule has 0 saturated carbocycles. The second-order valence-corrected chi connectivity index (χ2v) is 7.25. The van der Waals surface area contributed by atoms with Gasteiger partial charge in [0.25, 0.3) is 11.8 Å². The molecule has 2 amide bonds. The van der Waals surface area contributed by atoms with E-state index in [-0.39, 0.29) is 30.1 Å². The molecular formula is C25H19N2O7-. The molecular weight excluding hydrogens is 440 g/mol. The molecule has 0 aromatic heterocycles. The van der Waals surface area contributed by atoms with Crippen LogP contribution < -0.4 is 24.6 Å². The molecule has 3 aromatic rings. The van der Waals surface area contributed by atoms with Crippen molar-refractivity contribution in [3.05, 3.63) is 83.4 Å². The summed E-state index contributed by atoms with van der Waals surface area (Å²) in [6.45, 7) is 0.106. The SMILES string of the molecule is COc1ccccc1C(=O)N=C(Cc1ccc2c(c1)OCO2)C(=O)Nc1ccc(C(=O)[O-])cc1. The van der Waals surface area contributed by atoms with Crippen molar-refractivity contribution < 1.29 is 33.7 Å². The molecule has 0 saturated heterocycles. The molecule has 0 radical (unpaired) electrons. The van der Waals surface area contributed by atoms with Crippen molar-refractivity contribution in [3.8, 4) is 17.2 Å². The zero-order chi connectivity index (χ0) is 24.1. The zero-order valence-electron chi connectivity index (χ0n) is 18.1. The third-order valence-electron chi connectivity index (χ3n) is 5.02. The molecule has 0 fully saturated rings. The number of amides is 2. The molecule has 4 rings (SSSR count). The highest BCUT2D eigenvalue weighted by molar-refractivity contribution is 6.45. The number of methoxy groups -OCH3 is 1. The first-order valence-corrected chi connectivity index (χ1v) is 10.2. The smallest absolute Gasteiger partial charge is 0.281 e. The molecule has 0 bridgehead atoms. The first kappa shape index (κ1) is 22.5. The van der Waals surface area contributed by atoms with E-state index in [2.05, 4.69) is 10.3 Å². The van der Waals surface area contributed by atoms with Crippen molar-refractivity contribution in [2.75, 3.05) is 19.2 Å². The minimum atomic E-state index is -1.33. The second kappa shape index (κ2) is 9.86. The van der Waals surface area contributed by atoms with Crippen molar-refractivity contribution in [3.63, 3.8) is 0 Å². The average Bonchev–Trinajstić information content (AvgIpc) is 3.31. The molecule has 0 atom stereocenters. The van der Waals surface area contributed by atoms with Gasteiger partial charge in [-0.2, -0.15) is 0 Å². The molecule has 0 spiro atoms. The summed E-state index contributed by atoms with van der Waals surface area (Å²) in [5.41, 5.74) is 1.13. The van der Waals surface area contributed by atoms with Gasteiger partial charge >= 0.3 is 0 Å². The van der Waals surface area contributed by atoms with Gasteiger partial charge in [0.15, 0.2) is 11.5 Å². The number of hydrogen-bond acceptors (Lipinski definition) is 7. The maximum absolute atomic E-state index is 13.1. The van der Waals surface area contributed by atoms with Crippen LogP contribution in [0.5, 0.6) is 17.2 Å². The lowest BCUT2D eigenvalue weighted by atomic mass is 10.1. The number of ether oxygens (including phenoxy) is 3. The Hall–Kier alpha value is -4.66. The molecule has 1 heterocycles. The fourth-order valence-corrected chi connectivity index (χ4v) is 3.31. The van der Waals surface area contributed by atoms with E-state index >= 15 is 0 Å². The lowest BCUT2D eigenvalue weighted by molar-refractivity contribution is -0.255. The van der Waals surface area contributed by atoms with Crippen molar-refractivity contribution in [2.24, 2.45) is 4.99 Å². The highest BCUT2D eigenvalue weighted by Crippen LogP contribution is 2.32. The van der Waals surface area contributed by atoms with E-state index in [0.29, 0.717) is 28.5 Å².